The van der Waals surface area contributed by atoms with Crippen molar-refractivity contribution in [1.29, 1.82) is 0 Å². The lowest BCUT2D eigenvalue weighted by Crippen LogP contribution is -2.31. The van der Waals surface area contributed by atoms with Crippen molar-refractivity contribution in [3.05, 3.63) is 53.5 Å². The normalized spacial score (nSPS) is 12.0. The van der Waals surface area contributed by atoms with Crippen LogP contribution in [-0.4, -0.2) is 6.03 Å². The average Bonchev–Trinajstić information content (AvgIpc) is 2.80. The van der Waals surface area contributed by atoms with Gasteiger partial charge in [0.15, 0.2) is 11.6 Å². The second-order valence-corrected chi connectivity index (χ2v) is 4.40. The van der Waals surface area contributed by atoms with E-state index in [-0.39, 0.29) is 11.7 Å². The maximum Gasteiger partial charge on any atom is 0.319 e. The van der Waals surface area contributed by atoms with Crippen LogP contribution in [0.5, 0.6) is 0 Å². The quantitative estimate of drug-likeness (QED) is 0.899. The summed E-state index contributed by atoms with van der Waals surface area (Å²) in [5.74, 6) is -0.620. The van der Waals surface area contributed by atoms with Crippen molar-refractivity contribution in [1.82, 2.24) is 5.32 Å². The Hall–Kier alpha value is -2.37. The first-order valence-electron chi connectivity index (χ1n) is 6.04. The van der Waals surface area contributed by atoms with E-state index in [1.807, 2.05) is 0 Å². The van der Waals surface area contributed by atoms with Crippen molar-refractivity contribution < 1.29 is 18.0 Å². The minimum absolute atomic E-state index is 0.171. The number of furan rings is 1. The van der Waals surface area contributed by atoms with Gasteiger partial charge in [-0.25, -0.2) is 13.6 Å². The van der Waals surface area contributed by atoms with Gasteiger partial charge in [-0.15, -0.1) is 0 Å². The number of nitrogens with one attached hydrogen (secondary N) is 2. The highest BCUT2D eigenvalue weighted by Crippen LogP contribution is 2.16. The van der Waals surface area contributed by atoms with Crippen LogP contribution in [-0.2, 0) is 0 Å². The van der Waals surface area contributed by atoms with Gasteiger partial charge in [0.2, 0.25) is 0 Å². The Bertz CT molecular complexity index is 625. The molecule has 0 aliphatic heterocycles. The van der Waals surface area contributed by atoms with Gasteiger partial charge in [-0.3, -0.25) is 0 Å². The molecule has 0 spiro atoms. The summed E-state index contributed by atoms with van der Waals surface area (Å²) in [6.07, 6.45) is 0. The standard InChI is InChI=1S/C14H14F2N2O2/c1-8-3-6-13(20-8)9(2)17-14(19)18-10-4-5-11(15)12(16)7-10/h3-7,9H,1-2H3,(H2,17,18,19). The van der Waals surface area contributed by atoms with E-state index in [0.29, 0.717) is 5.76 Å². The molecule has 0 bridgehead atoms. The number of rotatable bonds is 3. The Labute approximate surface area is 114 Å². The molecule has 1 aromatic carbocycles. The maximum absolute atomic E-state index is 13.0. The van der Waals surface area contributed by atoms with Crippen LogP contribution in [0, 0.1) is 18.6 Å². The average molecular weight is 280 g/mol. The van der Waals surface area contributed by atoms with E-state index in [0.717, 1.165) is 17.9 Å². The molecule has 20 heavy (non-hydrogen) atoms. The largest absolute Gasteiger partial charge is 0.464 e. The van der Waals surface area contributed by atoms with Crippen molar-refractivity contribution >= 4 is 11.7 Å². The Morgan fingerprint density at radius 3 is 2.55 bits per heavy atom. The van der Waals surface area contributed by atoms with Crippen molar-refractivity contribution in [2.45, 2.75) is 19.9 Å². The fraction of sp³-hybridized carbons (Fsp3) is 0.214. The second-order valence-electron chi connectivity index (χ2n) is 4.40. The summed E-state index contributed by atoms with van der Waals surface area (Å²) in [5, 5.41) is 5.05. The third kappa shape index (κ3) is 3.34. The van der Waals surface area contributed by atoms with Gasteiger partial charge in [-0.1, -0.05) is 0 Å². The van der Waals surface area contributed by atoms with Gasteiger partial charge >= 0.3 is 6.03 Å². The van der Waals surface area contributed by atoms with Crippen LogP contribution < -0.4 is 10.6 Å². The molecular weight excluding hydrogens is 266 g/mol. The van der Waals surface area contributed by atoms with Crippen LogP contribution in [0.3, 0.4) is 0 Å². The minimum atomic E-state index is -1.02. The third-order valence-corrected chi connectivity index (χ3v) is 2.71. The first-order valence-corrected chi connectivity index (χ1v) is 6.04. The smallest absolute Gasteiger partial charge is 0.319 e. The van der Waals surface area contributed by atoms with Crippen LogP contribution in [0.25, 0.3) is 0 Å². The molecule has 0 saturated heterocycles. The summed E-state index contributed by atoms with van der Waals surface area (Å²) in [6, 6.07) is 5.82. The van der Waals surface area contributed by atoms with Crippen LogP contribution in [0.2, 0.25) is 0 Å². The van der Waals surface area contributed by atoms with Crippen molar-refractivity contribution in [2.75, 3.05) is 5.32 Å². The molecule has 0 aliphatic carbocycles. The van der Waals surface area contributed by atoms with Crippen molar-refractivity contribution in [3.63, 3.8) is 0 Å². The summed E-state index contributed by atoms with van der Waals surface area (Å²) in [4.78, 5) is 11.7. The number of halogens is 2. The Kier molecular flexibility index (Phi) is 4.02. The van der Waals surface area contributed by atoms with Crippen molar-refractivity contribution in [3.8, 4) is 0 Å². The number of aryl methyl sites for hydroxylation is 1. The predicted octanol–water partition coefficient (Wildman–Crippen LogP) is 3.75. The van der Waals surface area contributed by atoms with Crippen LogP contribution in [0.4, 0.5) is 19.3 Å². The van der Waals surface area contributed by atoms with Gasteiger partial charge in [0.05, 0.1) is 6.04 Å². The molecular formula is C14H14F2N2O2. The molecule has 1 unspecified atom stereocenters. The third-order valence-electron chi connectivity index (χ3n) is 2.71. The Morgan fingerprint density at radius 1 is 1.20 bits per heavy atom. The highest BCUT2D eigenvalue weighted by molar-refractivity contribution is 5.89. The highest BCUT2D eigenvalue weighted by atomic mass is 19.2. The number of carbonyl (C=O) groups is 1. The first kappa shape index (κ1) is 14.0. The number of urea groups is 1. The molecule has 0 radical (unpaired) electrons. The zero-order valence-corrected chi connectivity index (χ0v) is 11.0. The molecule has 106 valence electrons. The minimum Gasteiger partial charge on any atom is -0.464 e. The fourth-order valence-electron chi connectivity index (χ4n) is 1.69. The zero-order chi connectivity index (χ0) is 14.7. The highest BCUT2D eigenvalue weighted by Gasteiger charge is 2.13. The summed E-state index contributed by atoms with van der Waals surface area (Å²) < 4.78 is 31.1. The van der Waals surface area contributed by atoms with Crippen molar-refractivity contribution in [2.24, 2.45) is 0 Å². The van der Waals surface area contributed by atoms with Crippen LogP contribution in [0.15, 0.2) is 34.7 Å². The van der Waals surface area contributed by atoms with Gasteiger partial charge in [-0.05, 0) is 38.1 Å². The van der Waals surface area contributed by atoms with E-state index in [2.05, 4.69) is 10.6 Å². The molecule has 2 rings (SSSR count). The lowest BCUT2D eigenvalue weighted by Gasteiger charge is -2.12. The van der Waals surface area contributed by atoms with Crippen LogP contribution in [0.1, 0.15) is 24.5 Å². The number of anilines is 1. The van der Waals surface area contributed by atoms with Gasteiger partial charge in [0.1, 0.15) is 11.5 Å². The summed E-state index contributed by atoms with van der Waals surface area (Å²) in [6.45, 7) is 3.56. The van der Waals surface area contributed by atoms with Gasteiger partial charge in [-0.2, -0.15) is 0 Å². The molecule has 2 N–H and O–H groups in total. The molecule has 1 atom stereocenters. The lowest BCUT2D eigenvalue weighted by molar-refractivity contribution is 0.247. The molecule has 2 aromatic rings. The molecule has 4 nitrogen and oxygen atoms in total. The summed E-state index contributed by atoms with van der Waals surface area (Å²) in [5.41, 5.74) is 0.171. The summed E-state index contributed by atoms with van der Waals surface area (Å²) >= 11 is 0. The number of hydrogen-bond donors (Lipinski definition) is 2. The zero-order valence-electron chi connectivity index (χ0n) is 11.0. The Balaban J connectivity index is 1.96. The molecule has 0 fully saturated rings. The predicted molar refractivity (Wildman–Crippen MR) is 70.4 cm³/mol. The molecule has 1 aromatic heterocycles. The van der Waals surface area contributed by atoms with Crippen LogP contribution >= 0.6 is 0 Å². The van der Waals surface area contributed by atoms with Gasteiger partial charge in [0.25, 0.3) is 0 Å². The lowest BCUT2D eigenvalue weighted by atomic mass is 10.2. The Morgan fingerprint density at radius 2 is 1.95 bits per heavy atom. The van der Waals surface area contributed by atoms with E-state index in [1.54, 1.807) is 26.0 Å². The van der Waals surface area contributed by atoms with Gasteiger partial charge in [0, 0.05) is 11.8 Å². The molecule has 0 saturated carbocycles. The van der Waals surface area contributed by atoms with E-state index < -0.39 is 17.7 Å². The monoisotopic (exact) mass is 280 g/mol. The maximum atomic E-state index is 13.0. The first-order chi connectivity index (χ1) is 9.45. The number of hydrogen-bond acceptors (Lipinski definition) is 2. The van der Waals surface area contributed by atoms with E-state index in [9.17, 15) is 13.6 Å². The fourth-order valence-corrected chi connectivity index (χ4v) is 1.69. The van der Waals surface area contributed by atoms with Gasteiger partial charge < -0.3 is 15.1 Å². The second kappa shape index (κ2) is 5.73. The summed E-state index contributed by atoms with van der Waals surface area (Å²) in [7, 11) is 0. The van der Waals surface area contributed by atoms with E-state index in [4.69, 9.17) is 4.42 Å². The number of amides is 2. The molecule has 0 aliphatic rings. The number of benzene rings is 1. The number of carbonyl (C=O) groups excluding carboxylic acids is 1. The SMILES string of the molecule is Cc1ccc(C(C)NC(=O)Nc2ccc(F)c(F)c2)o1. The molecule has 2 amide bonds. The van der Waals surface area contributed by atoms with E-state index >= 15 is 0 Å². The molecule has 6 heteroatoms. The molecule has 1 heterocycles. The topological polar surface area (TPSA) is 54.3 Å². The van der Waals surface area contributed by atoms with E-state index in [1.165, 1.54) is 6.07 Å².